The molecule has 0 saturated carbocycles. The average Bonchev–Trinajstić information content (AvgIpc) is 2.73. The van der Waals surface area contributed by atoms with Gasteiger partial charge in [0.25, 0.3) is 0 Å². The zero-order chi connectivity index (χ0) is 21.4. The molecular formula is C23H29N3O4. The molecule has 160 valence electrons. The van der Waals surface area contributed by atoms with Crippen molar-refractivity contribution in [2.75, 3.05) is 13.1 Å². The van der Waals surface area contributed by atoms with Crippen LogP contribution in [0.1, 0.15) is 51.2 Å². The van der Waals surface area contributed by atoms with Gasteiger partial charge >= 0.3 is 6.09 Å². The second-order valence-electron chi connectivity index (χ2n) is 9.15. The normalized spacial score (nSPS) is 17.9. The summed E-state index contributed by atoms with van der Waals surface area (Å²) in [5, 5.41) is 9.15. The van der Waals surface area contributed by atoms with Crippen LogP contribution in [0.2, 0.25) is 0 Å². The van der Waals surface area contributed by atoms with Crippen molar-refractivity contribution in [2.24, 2.45) is 0 Å². The van der Waals surface area contributed by atoms with Crippen LogP contribution in [0.25, 0.3) is 11.4 Å². The van der Waals surface area contributed by atoms with Gasteiger partial charge in [0, 0.05) is 49.5 Å². The number of hydrogen-bond donors (Lipinski definition) is 1. The molecule has 0 bridgehead atoms. The van der Waals surface area contributed by atoms with Crippen molar-refractivity contribution >= 4 is 6.09 Å². The number of hydrogen-bond acceptors (Lipinski definition) is 6. The fraction of sp³-hybridized carbons (Fsp3) is 0.522. The highest BCUT2D eigenvalue weighted by Crippen LogP contribution is 2.40. The fourth-order valence-electron chi connectivity index (χ4n) is 4.02. The molecule has 3 heterocycles. The van der Waals surface area contributed by atoms with Crippen LogP contribution in [0.5, 0.6) is 5.75 Å². The van der Waals surface area contributed by atoms with E-state index in [2.05, 4.69) is 16.0 Å². The lowest BCUT2D eigenvalue weighted by Gasteiger charge is -2.44. The number of aromatic nitrogens is 2. The van der Waals surface area contributed by atoms with E-state index in [4.69, 9.17) is 14.6 Å². The number of carbonyl (C=O) groups is 1. The molecule has 7 nitrogen and oxygen atoms in total. The molecule has 30 heavy (non-hydrogen) atoms. The highest BCUT2D eigenvalue weighted by molar-refractivity contribution is 5.68. The van der Waals surface area contributed by atoms with Crippen LogP contribution >= 0.6 is 0 Å². The molecule has 0 aliphatic carbocycles. The highest BCUT2D eigenvalue weighted by atomic mass is 16.6. The third kappa shape index (κ3) is 4.41. The smallest absolute Gasteiger partial charge is 0.410 e. The first kappa shape index (κ1) is 20.6. The molecule has 0 atom stereocenters. The molecule has 0 radical (unpaired) electrons. The van der Waals surface area contributed by atoms with Gasteiger partial charge in [0.15, 0.2) is 5.82 Å². The van der Waals surface area contributed by atoms with Gasteiger partial charge in [0.2, 0.25) is 0 Å². The molecule has 1 aromatic carbocycles. The Morgan fingerprint density at radius 2 is 1.90 bits per heavy atom. The van der Waals surface area contributed by atoms with Crippen molar-refractivity contribution in [1.29, 1.82) is 0 Å². The Morgan fingerprint density at radius 3 is 2.53 bits per heavy atom. The second kappa shape index (κ2) is 7.87. The van der Waals surface area contributed by atoms with Gasteiger partial charge < -0.3 is 19.5 Å². The van der Waals surface area contributed by atoms with Crippen LogP contribution in [-0.2, 0) is 17.8 Å². The van der Waals surface area contributed by atoms with Crippen LogP contribution in [0.3, 0.4) is 0 Å². The Kier molecular flexibility index (Phi) is 5.40. The van der Waals surface area contributed by atoms with E-state index in [1.807, 2.05) is 32.9 Å². The van der Waals surface area contributed by atoms with Gasteiger partial charge in [-0.05, 0) is 57.4 Å². The molecule has 2 aliphatic rings. The third-order valence-corrected chi connectivity index (χ3v) is 5.71. The molecule has 1 fully saturated rings. The Labute approximate surface area is 177 Å². The zero-order valence-electron chi connectivity index (χ0n) is 17.9. The number of likely N-dealkylation sites (tertiary alicyclic amines) is 1. The van der Waals surface area contributed by atoms with Crippen molar-refractivity contribution in [3.05, 3.63) is 41.7 Å². The molecule has 0 unspecified atom stereocenters. The summed E-state index contributed by atoms with van der Waals surface area (Å²) in [6, 6.07) is 6.06. The maximum absolute atomic E-state index is 12.3. The molecule has 2 aliphatic heterocycles. The van der Waals surface area contributed by atoms with Crippen molar-refractivity contribution in [2.45, 2.75) is 64.3 Å². The van der Waals surface area contributed by atoms with Crippen molar-refractivity contribution in [1.82, 2.24) is 14.9 Å². The number of aliphatic hydroxyl groups excluding tert-OH is 1. The Bertz CT molecular complexity index is 913. The van der Waals surface area contributed by atoms with Gasteiger partial charge in [0.1, 0.15) is 17.0 Å². The van der Waals surface area contributed by atoms with Crippen LogP contribution in [-0.4, -0.2) is 50.4 Å². The number of ether oxygens (including phenoxy) is 2. The standard InChI is InChI=1S/C23H29N3O4/c1-22(2,3)30-21(28)26-10-8-23(9-11-26)7-6-17-12-18(4-5-19(17)29-23)20-24-13-16(15-27)14-25-20/h4-5,12-14,27H,6-11,15H2,1-3H3. The Hall–Kier alpha value is -2.67. The SMILES string of the molecule is CC(C)(C)OC(=O)N1CCC2(CCc3cc(-c4ncc(CO)cn4)ccc3O2)CC1. The van der Waals surface area contributed by atoms with Crippen LogP contribution < -0.4 is 4.74 Å². The molecule has 1 N–H and O–H groups in total. The first-order valence-electron chi connectivity index (χ1n) is 10.5. The van der Waals surface area contributed by atoms with Crippen LogP contribution in [0.15, 0.2) is 30.6 Å². The van der Waals surface area contributed by atoms with E-state index in [9.17, 15) is 4.79 Å². The van der Waals surface area contributed by atoms with E-state index in [0.717, 1.165) is 42.6 Å². The van der Waals surface area contributed by atoms with Crippen molar-refractivity contribution < 1.29 is 19.4 Å². The van der Waals surface area contributed by atoms with Crippen LogP contribution in [0.4, 0.5) is 4.79 Å². The first-order valence-corrected chi connectivity index (χ1v) is 10.5. The van der Waals surface area contributed by atoms with Gasteiger partial charge in [-0.1, -0.05) is 0 Å². The Morgan fingerprint density at radius 1 is 1.20 bits per heavy atom. The van der Waals surface area contributed by atoms with Gasteiger partial charge in [0.05, 0.1) is 6.61 Å². The summed E-state index contributed by atoms with van der Waals surface area (Å²) < 4.78 is 12.0. The zero-order valence-corrected chi connectivity index (χ0v) is 17.9. The Balaban J connectivity index is 1.42. The van der Waals surface area contributed by atoms with E-state index in [-0.39, 0.29) is 18.3 Å². The first-order chi connectivity index (χ1) is 14.3. The summed E-state index contributed by atoms with van der Waals surface area (Å²) in [5.74, 6) is 1.55. The third-order valence-electron chi connectivity index (χ3n) is 5.71. The van der Waals surface area contributed by atoms with E-state index in [0.29, 0.717) is 24.5 Å². The lowest BCUT2D eigenvalue weighted by Crippen LogP contribution is -2.52. The summed E-state index contributed by atoms with van der Waals surface area (Å²) in [6.45, 7) is 6.89. The summed E-state index contributed by atoms with van der Waals surface area (Å²) in [4.78, 5) is 22.8. The number of benzene rings is 1. The quantitative estimate of drug-likeness (QED) is 0.811. The summed E-state index contributed by atoms with van der Waals surface area (Å²) in [6.07, 6.45) is 6.50. The lowest BCUT2D eigenvalue weighted by atomic mass is 9.83. The maximum atomic E-state index is 12.3. The van der Waals surface area contributed by atoms with Crippen molar-refractivity contribution in [3.63, 3.8) is 0 Å². The van der Waals surface area contributed by atoms with Gasteiger partial charge in [-0.25, -0.2) is 14.8 Å². The monoisotopic (exact) mass is 411 g/mol. The summed E-state index contributed by atoms with van der Waals surface area (Å²) >= 11 is 0. The number of rotatable bonds is 2. The fourth-order valence-corrected chi connectivity index (χ4v) is 4.02. The number of fused-ring (bicyclic) bond motifs is 1. The van der Waals surface area contributed by atoms with Crippen LogP contribution in [0, 0.1) is 0 Å². The molecule has 7 heteroatoms. The number of carbonyl (C=O) groups excluding carboxylic acids is 1. The van der Waals surface area contributed by atoms with E-state index in [1.165, 1.54) is 0 Å². The molecule has 1 aromatic heterocycles. The summed E-state index contributed by atoms with van der Waals surface area (Å²) in [5.41, 5.74) is 2.10. The highest BCUT2D eigenvalue weighted by Gasteiger charge is 2.41. The van der Waals surface area contributed by atoms with Crippen molar-refractivity contribution in [3.8, 4) is 17.1 Å². The molecule has 1 saturated heterocycles. The minimum absolute atomic E-state index is 0.0637. The minimum Gasteiger partial charge on any atom is -0.487 e. The number of nitrogens with zero attached hydrogens (tertiary/aromatic N) is 3. The van der Waals surface area contributed by atoms with E-state index in [1.54, 1.807) is 17.3 Å². The minimum atomic E-state index is -0.480. The number of aryl methyl sites for hydroxylation is 1. The molecule has 1 spiro atoms. The maximum Gasteiger partial charge on any atom is 0.410 e. The number of amides is 1. The van der Waals surface area contributed by atoms with Gasteiger partial charge in [-0.15, -0.1) is 0 Å². The molecule has 4 rings (SSSR count). The predicted molar refractivity (Wildman–Crippen MR) is 112 cm³/mol. The van der Waals surface area contributed by atoms with Gasteiger partial charge in [-0.2, -0.15) is 0 Å². The van der Waals surface area contributed by atoms with E-state index < -0.39 is 5.60 Å². The predicted octanol–water partition coefficient (Wildman–Crippen LogP) is 3.73. The average molecular weight is 412 g/mol. The van der Waals surface area contributed by atoms with E-state index >= 15 is 0 Å². The molecule has 1 amide bonds. The number of piperidine rings is 1. The topological polar surface area (TPSA) is 84.8 Å². The summed E-state index contributed by atoms with van der Waals surface area (Å²) in [7, 11) is 0. The molecule has 2 aromatic rings. The second-order valence-corrected chi connectivity index (χ2v) is 9.15. The van der Waals surface area contributed by atoms with Gasteiger partial charge in [-0.3, -0.25) is 0 Å². The molecular weight excluding hydrogens is 382 g/mol. The largest absolute Gasteiger partial charge is 0.487 e. The lowest BCUT2D eigenvalue weighted by molar-refractivity contribution is -0.0272. The number of aliphatic hydroxyl groups is 1.